The van der Waals surface area contributed by atoms with Gasteiger partial charge in [0.25, 0.3) is 5.91 Å². The highest BCUT2D eigenvalue weighted by Gasteiger charge is 2.25. The monoisotopic (exact) mass is 299 g/mol. The van der Waals surface area contributed by atoms with Crippen LogP contribution in [0.5, 0.6) is 0 Å². The van der Waals surface area contributed by atoms with Crippen LogP contribution in [-0.2, 0) is 5.54 Å². The molecule has 2 rings (SSSR count). The van der Waals surface area contributed by atoms with Crippen LogP contribution in [0, 0.1) is 11.8 Å². The molecule has 3 N–H and O–H groups in total. The van der Waals surface area contributed by atoms with Crippen molar-refractivity contribution in [3.05, 3.63) is 52.0 Å². The molecule has 0 fully saturated rings. The van der Waals surface area contributed by atoms with Crippen molar-refractivity contribution in [2.45, 2.75) is 19.4 Å². The minimum atomic E-state index is -0.510. The Morgan fingerprint density at radius 2 is 2.29 bits per heavy atom. The molecule has 0 atom stereocenters. The number of carbonyl (C=O) groups is 1. The first-order valence-electron chi connectivity index (χ1n) is 6.54. The summed E-state index contributed by atoms with van der Waals surface area (Å²) in [7, 11) is 0. The molecule has 4 nitrogen and oxygen atoms in total. The van der Waals surface area contributed by atoms with E-state index in [1.165, 1.54) is 11.3 Å². The van der Waals surface area contributed by atoms with E-state index in [0.717, 1.165) is 10.6 Å². The molecule has 0 aliphatic rings. The third-order valence-corrected chi connectivity index (χ3v) is 3.95. The van der Waals surface area contributed by atoms with Gasteiger partial charge in [0.1, 0.15) is 5.01 Å². The fourth-order valence-electron chi connectivity index (χ4n) is 1.83. The molecule has 2 aromatic rings. The summed E-state index contributed by atoms with van der Waals surface area (Å²) in [6, 6.07) is 7.19. The number of amides is 1. The number of hydrogen-bond acceptors (Lipinski definition) is 4. The molecular weight excluding hydrogens is 282 g/mol. The van der Waals surface area contributed by atoms with Crippen LogP contribution in [0.15, 0.2) is 35.8 Å². The number of nitrogens with one attached hydrogen (secondary N) is 1. The lowest BCUT2D eigenvalue weighted by atomic mass is 10.0. The van der Waals surface area contributed by atoms with Gasteiger partial charge in [0.05, 0.1) is 12.1 Å². The van der Waals surface area contributed by atoms with Gasteiger partial charge in [0.15, 0.2) is 0 Å². The zero-order valence-electron chi connectivity index (χ0n) is 12.0. The largest absolute Gasteiger partial charge is 0.341 e. The van der Waals surface area contributed by atoms with Gasteiger partial charge in [-0.15, -0.1) is 11.3 Å². The maximum atomic E-state index is 12.4. The Kier molecular flexibility index (Phi) is 4.73. The first kappa shape index (κ1) is 15.2. The summed E-state index contributed by atoms with van der Waals surface area (Å²) in [6.45, 7) is 4.16. The molecule has 0 saturated carbocycles. The summed E-state index contributed by atoms with van der Waals surface area (Å²) in [5.41, 5.74) is 6.19. The summed E-state index contributed by atoms with van der Waals surface area (Å²) in [5.74, 6) is 5.56. The van der Waals surface area contributed by atoms with E-state index in [2.05, 4.69) is 22.1 Å². The standard InChI is InChI=1S/C16H17N3OS/c1-16(2,15-18-9-10-21-15)19-14(20)13-7-3-5-12(11-13)6-4-8-17/h3,5,7,9-11H,8,17H2,1-2H3,(H,19,20). The zero-order chi connectivity index (χ0) is 15.3. The van der Waals surface area contributed by atoms with Gasteiger partial charge in [-0.1, -0.05) is 17.9 Å². The average molecular weight is 299 g/mol. The third kappa shape index (κ3) is 3.91. The summed E-state index contributed by atoms with van der Waals surface area (Å²) in [5, 5.41) is 5.76. The quantitative estimate of drug-likeness (QED) is 0.853. The molecular formula is C16H17N3OS. The Bertz CT molecular complexity index is 681. The number of rotatable bonds is 3. The normalized spacial score (nSPS) is 10.6. The highest BCUT2D eigenvalue weighted by atomic mass is 32.1. The Morgan fingerprint density at radius 1 is 1.48 bits per heavy atom. The van der Waals surface area contributed by atoms with Crippen LogP contribution in [0.25, 0.3) is 0 Å². The topological polar surface area (TPSA) is 68.0 Å². The number of benzene rings is 1. The second-order valence-corrected chi connectivity index (χ2v) is 5.90. The van der Waals surface area contributed by atoms with E-state index in [1.807, 2.05) is 31.4 Å². The molecule has 21 heavy (non-hydrogen) atoms. The van der Waals surface area contributed by atoms with E-state index in [1.54, 1.807) is 18.3 Å². The highest BCUT2D eigenvalue weighted by Crippen LogP contribution is 2.22. The van der Waals surface area contributed by atoms with Crippen LogP contribution in [0.1, 0.15) is 34.8 Å². The lowest BCUT2D eigenvalue weighted by molar-refractivity contribution is 0.0912. The molecule has 0 aliphatic carbocycles. The van der Waals surface area contributed by atoms with Gasteiger partial charge in [-0.2, -0.15) is 0 Å². The van der Waals surface area contributed by atoms with Gasteiger partial charge in [-0.3, -0.25) is 4.79 Å². The second-order valence-electron chi connectivity index (χ2n) is 5.00. The first-order valence-corrected chi connectivity index (χ1v) is 7.42. The fraction of sp³-hybridized carbons (Fsp3) is 0.250. The molecule has 0 aliphatic heterocycles. The second kappa shape index (κ2) is 6.53. The molecule has 0 spiro atoms. The lowest BCUT2D eigenvalue weighted by Crippen LogP contribution is -2.40. The molecule has 1 aromatic heterocycles. The number of thiazole rings is 1. The maximum absolute atomic E-state index is 12.4. The number of nitrogens with two attached hydrogens (primary N) is 1. The average Bonchev–Trinajstić information content (AvgIpc) is 3.00. The summed E-state index contributed by atoms with van der Waals surface area (Å²) >= 11 is 1.52. The van der Waals surface area contributed by atoms with Crippen LogP contribution < -0.4 is 11.1 Å². The molecule has 0 radical (unpaired) electrons. The van der Waals surface area contributed by atoms with Crippen molar-refractivity contribution < 1.29 is 4.79 Å². The van der Waals surface area contributed by atoms with Gasteiger partial charge in [0.2, 0.25) is 0 Å². The van der Waals surface area contributed by atoms with Gasteiger partial charge >= 0.3 is 0 Å². The molecule has 1 amide bonds. The maximum Gasteiger partial charge on any atom is 0.252 e. The van der Waals surface area contributed by atoms with Crippen molar-refractivity contribution in [3.63, 3.8) is 0 Å². The minimum absolute atomic E-state index is 0.147. The molecule has 0 unspecified atom stereocenters. The third-order valence-electron chi connectivity index (χ3n) is 2.85. The van der Waals surface area contributed by atoms with Crippen molar-refractivity contribution in [2.24, 2.45) is 5.73 Å². The van der Waals surface area contributed by atoms with Gasteiger partial charge in [-0.05, 0) is 32.0 Å². The van der Waals surface area contributed by atoms with Gasteiger partial charge in [-0.25, -0.2) is 4.98 Å². The molecule has 5 heteroatoms. The Balaban J connectivity index is 2.17. The van der Waals surface area contributed by atoms with Crippen LogP contribution >= 0.6 is 11.3 Å². The van der Waals surface area contributed by atoms with Crippen molar-refractivity contribution in [2.75, 3.05) is 6.54 Å². The Hall–Kier alpha value is -2.16. The fourth-order valence-corrected chi connectivity index (χ4v) is 2.55. The van der Waals surface area contributed by atoms with E-state index < -0.39 is 5.54 Å². The zero-order valence-corrected chi connectivity index (χ0v) is 12.8. The first-order chi connectivity index (χ1) is 10.0. The molecule has 0 saturated heterocycles. The molecule has 0 bridgehead atoms. The van der Waals surface area contributed by atoms with E-state index >= 15 is 0 Å². The van der Waals surface area contributed by atoms with Crippen molar-refractivity contribution in [3.8, 4) is 11.8 Å². The number of hydrogen-bond donors (Lipinski definition) is 2. The molecule has 1 heterocycles. The minimum Gasteiger partial charge on any atom is -0.341 e. The van der Waals surface area contributed by atoms with E-state index in [4.69, 9.17) is 5.73 Å². The van der Waals surface area contributed by atoms with E-state index in [-0.39, 0.29) is 5.91 Å². The van der Waals surface area contributed by atoms with Crippen LogP contribution in [-0.4, -0.2) is 17.4 Å². The number of nitrogens with zero attached hydrogens (tertiary/aromatic N) is 1. The Morgan fingerprint density at radius 3 is 2.95 bits per heavy atom. The van der Waals surface area contributed by atoms with E-state index in [0.29, 0.717) is 12.1 Å². The predicted molar refractivity (Wildman–Crippen MR) is 85.0 cm³/mol. The van der Waals surface area contributed by atoms with Gasteiger partial charge < -0.3 is 11.1 Å². The van der Waals surface area contributed by atoms with Crippen molar-refractivity contribution in [1.82, 2.24) is 10.3 Å². The predicted octanol–water partition coefficient (Wildman–Crippen LogP) is 2.12. The van der Waals surface area contributed by atoms with Crippen LogP contribution in [0.3, 0.4) is 0 Å². The van der Waals surface area contributed by atoms with Crippen LogP contribution in [0.2, 0.25) is 0 Å². The summed E-state index contributed by atoms with van der Waals surface area (Å²) < 4.78 is 0. The van der Waals surface area contributed by atoms with Crippen molar-refractivity contribution in [1.29, 1.82) is 0 Å². The number of carbonyl (C=O) groups excluding carboxylic acids is 1. The molecule has 108 valence electrons. The van der Waals surface area contributed by atoms with Gasteiger partial charge in [0, 0.05) is 22.7 Å². The summed E-state index contributed by atoms with van der Waals surface area (Å²) in [4.78, 5) is 16.6. The Labute approximate surface area is 128 Å². The SMILES string of the molecule is CC(C)(NC(=O)c1cccc(C#CCN)c1)c1nccs1. The molecule has 1 aromatic carbocycles. The van der Waals surface area contributed by atoms with E-state index in [9.17, 15) is 4.79 Å². The highest BCUT2D eigenvalue weighted by molar-refractivity contribution is 7.09. The number of aromatic nitrogens is 1. The smallest absolute Gasteiger partial charge is 0.252 e. The summed E-state index contributed by atoms with van der Waals surface area (Å²) in [6.07, 6.45) is 1.73. The van der Waals surface area contributed by atoms with Crippen LogP contribution in [0.4, 0.5) is 0 Å². The lowest BCUT2D eigenvalue weighted by Gasteiger charge is -2.23. The van der Waals surface area contributed by atoms with Crippen molar-refractivity contribution >= 4 is 17.2 Å².